The number of rotatable bonds is 6. The van der Waals surface area contributed by atoms with E-state index in [2.05, 4.69) is 10.6 Å². The summed E-state index contributed by atoms with van der Waals surface area (Å²) in [5.74, 6) is 0.398. The highest BCUT2D eigenvalue weighted by Crippen LogP contribution is 2.23. The van der Waals surface area contributed by atoms with Crippen LogP contribution < -0.4 is 15.4 Å². The summed E-state index contributed by atoms with van der Waals surface area (Å²) in [6.07, 6.45) is -0.578. The van der Waals surface area contributed by atoms with Crippen molar-refractivity contribution < 1.29 is 14.6 Å². The van der Waals surface area contributed by atoms with E-state index < -0.39 is 6.10 Å². The molecular formula is C12H18N2O3. The number of hydrogen-bond donors (Lipinski definition) is 3. The smallest absolute Gasteiger partial charge is 0.221 e. The number of carbonyl (C=O) groups is 1. The molecular weight excluding hydrogens is 220 g/mol. The van der Waals surface area contributed by atoms with Gasteiger partial charge in [-0.2, -0.15) is 0 Å². The number of ether oxygens (including phenoxy) is 1. The second-order valence-corrected chi connectivity index (χ2v) is 3.70. The van der Waals surface area contributed by atoms with Crippen LogP contribution in [0.4, 0.5) is 5.69 Å². The lowest BCUT2D eigenvalue weighted by atomic mass is 10.3. The van der Waals surface area contributed by atoms with E-state index in [0.29, 0.717) is 18.0 Å². The number of anilines is 1. The molecule has 1 atom stereocenters. The number of aliphatic hydroxyl groups is 1. The molecule has 0 aliphatic carbocycles. The zero-order chi connectivity index (χ0) is 12.7. The van der Waals surface area contributed by atoms with Crippen molar-refractivity contribution in [2.24, 2.45) is 0 Å². The fraction of sp³-hybridized carbons (Fsp3) is 0.417. The topological polar surface area (TPSA) is 70.6 Å². The van der Waals surface area contributed by atoms with Gasteiger partial charge in [0, 0.05) is 13.5 Å². The molecule has 1 amide bonds. The molecule has 0 spiro atoms. The summed E-state index contributed by atoms with van der Waals surface area (Å²) in [4.78, 5) is 11.0. The van der Waals surface area contributed by atoms with Gasteiger partial charge in [0.1, 0.15) is 18.5 Å². The molecule has 5 heteroatoms. The predicted molar refractivity (Wildman–Crippen MR) is 66.2 cm³/mol. The first-order valence-electron chi connectivity index (χ1n) is 5.45. The van der Waals surface area contributed by atoms with Crippen molar-refractivity contribution in [2.45, 2.75) is 13.0 Å². The van der Waals surface area contributed by atoms with Crippen LogP contribution in [0, 0.1) is 0 Å². The van der Waals surface area contributed by atoms with Crippen LogP contribution in [0.1, 0.15) is 6.92 Å². The molecule has 94 valence electrons. The highest BCUT2D eigenvalue weighted by molar-refractivity contribution is 5.90. The molecule has 0 bridgehead atoms. The Morgan fingerprint density at radius 1 is 1.47 bits per heavy atom. The van der Waals surface area contributed by atoms with E-state index in [-0.39, 0.29) is 12.5 Å². The van der Waals surface area contributed by atoms with Gasteiger partial charge in [-0.3, -0.25) is 4.79 Å². The molecule has 17 heavy (non-hydrogen) atoms. The molecule has 0 aliphatic heterocycles. The molecule has 0 aromatic heterocycles. The lowest BCUT2D eigenvalue weighted by Gasteiger charge is -2.14. The maximum Gasteiger partial charge on any atom is 0.221 e. The molecule has 1 aromatic rings. The molecule has 0 radical (unpaired) electrons. The highest BCUT2D eigenvalue weighted by atomic mass is 16.5. The Hall–Kier alpha value is -1.59. The average molecular weight is 238 g/mol. The number of hydrogen-bond acceptors (Lipinski definition) is 4. The first kappa shape index (κ1) is 13.5. The Morgan fingerprint density at radius 3 is 2.82 bits per heavy atom. The third kappa shape index (κ3) is 4.84. The summed E-state index contributed by atoms with van der Waals surface area (Å²) in [6.45, 7) is 2.08. The number of benzene rings is 1. The van der Waals surface area contributed by atoms with E-state index >= 15 is 0 Å². The summed E-state index contributed by atoms with van der Waals surface area (Å²) >= 11 is 0. The fourth-order valence-electron chi connectivity index (χ4n) is 1.37. The van der Waals surface area contributed by atoms with Gasteiger partial charge < -0.3 is 20.5 Å². The standard InChI is InChI=1S/C12H18N2O3/c1-9(15)14-11-5-3-4-6-12(11)17-8-10(16)7-13-2/h3-6,10,13,16H,7-8H2,1-2H3,(H,14,15). The van der Waals surface area contributed by atoms with Gasteiger partial charge in [-0.25, -0.2) is 0 Å². The van der Waals surface area contributed by atoms with E-state index in [0.717, 1.165) is 0 Å². The molecule has 0 heterocycles. The Morgan fingerprint density at radius 2 is 2.18 bits per heavy atom. The molecule has 1 aromatic carbocycles. The molecule has 1 rings (SSSR count). The van der Waals surface area contributed by atoms with Crippen LogP contribution in [-0.4, -0.2) is 37.3 Å². The van der Waals surface area contributed by atoms with E-state index in [1.807, 2.05) is 12.1 Å². The third-order valence-electron chi connectivity index (χ3n) is 2.07. The number of amides is 1. The average Bonchev–Trinajstić information content (AvgIpc) is 2.27. The maximum absolute atomic E-state index is 11.0. The van der Waals surface area contributed by atoms with Crippen molar-refractivity contribution in [2.75, 3.05) is 25.5 Å². The van der Waals surface area contributed by atoms with Crippen molar-refractivity contribution in [1.29, 1.82) is 0 Å². The van der Waals surface area contributed by atoms with Crippen molar-refractivity contribution in [3.63, 3.8) is 0 Å². The second kappa shape index (κ2) is 6.88. The summed E-state index contributed by atoms with van der Waals surface area (Å²) < 4.78 is 5.45. The Bertz CT molecular complexity index is 369. The maximum atomic E-state index is 11.0. The lowest BCUT2D eigenvalue weighted by Crippen LogP contribution is -2.29. The number of para-hydroxylation sites is 2. The van der Waals surface area contributed by atoms with Crippen molar-refractivity contribution in [3.8, 4) is 5.75 Å². The van der Waals surface area contributed by atoms with E-state index in [1.54, 1.807) is 19.2 Å². The van der Waals surface area contributed by atoms with E-state index in [4.69, 9.17) is 4.74 Å². The molecule has 0 aliphatic rings. The first-order valence-corrected chi connectivity index (χ1v) is 5.45. The molecule has 0 fully saturated rings. The van der Waals surface area contributed by atoms with Gasteiger partial charge in [-0.1, -0.05) is 12.1 Å². The molecule has 0 saturated heterocycles. The largest absolute Gasteiger partial charge is 0.489 e. The Balaban J connectivity index is 2.60. The second-order valence-electron chi connectivity index (χ2n) is 3.70. The zero-order valence-corrected chi connectivity index (χ0v) is 10.1. The van der Waals surface area contributed by atoms with Crippen LogP contribution in [-0.2, 0) is 4.79 Å². The van der Waals surface area contributed by atoms with Gasteiger partial charge in [-0.05, 0) is 19.2 Å². The van der Waals surface area contributed by atoms with Gasteiger partial charge in [0.15, 0.2) is 0 Å². The quantitative estimate of drug-likeness (QED) is 0.679. The van der Waals surface area contributed by atoms with Gasteiger partial charge in [0.25, 0.3) is 0 Å². The van der Waals surface area contributed by atoms with Gasteiger partial charge in [0.05, 0.1) is 5.69 Å². The van der Waals surface area contributed by atoms with Gasteiger partial charge in [0.2, 0.25) is 5.91 Å². The van der Waals surface area contributed by atoms with Crippen LogP contribution >= 0.6 is 0 Å². The SMILES string of the molecule is CNCC(O)COc1ccccc1NC(C)=O. The van der Waals surface area contributed by atoms with Crippen LogP contribution in [0.5, 0.6) is 5.75 Å². The number of likely N-dealkylation sites (N-methyl/N-ethyl adjacent to an activating group) is 1. The number of aliphatic hydroxyl groups excluding tert-OH is 1. The van der Waals surface area contributed by atoms with E-state index in [9.17, 15) is 9.90 Å². The van der Waals surface area contributed by atoms with Gasteiger partial charge in [-0.15, -0.1) is 0 Å². The summed E-state index contributed by atoms with van der Waals surface area (Å²) in [5, 5.41) is 15.0. The summed E-state index contributed by atoms with van der Waals surface area (Å²) in [7, 11) is 1.76. The van der Waals surface area contributed by atoms with E-state index in [1.165, 1.54) is 6.92 Å². The first-order chi connectivity index (χ1) is 8.13. The minimum Gasteiger partial charge on any atom is -0.489 e. The third-order valence-corrected chi connectivity index (χ3v) is 2.07. The molecule has 3 N–H and O–H groups in total. The molecule has 0 saturated carbocycles. The number of carbonyl (C=O) groups excluding carboxylic acids is 1. The fourth-order valence-corrected chi connectivity index (χ4v) is 1.37. The summed E-state index contributed by atoms with van der Waals surface area (Å²) in [5.41, 5.74) is 0.608. The predicted octanol–water partition coefficient (Wildman–Crippen LogP) is 0.604. The van der Waals surface area contributed by atoms with Crippen molar-refractivity contribution in [3.05, 3.63) is 24.3 Å². The molecule has 1 unspecified atom stereocenters. The van der Waals surface area contributed by atoms with Crippen LogP contribution in [0.3, 0.4) is 0 Å². The van der Waals surface area contributed by atoms with Crippen LogP contribution in [0.15, 0.2) is 24.3 Å². The Labute approximate surface area is 101 Å². The monoisotopic (exact) mass is 238 g/mol. The Kier molecular flexibility index (Phi) is 5.45. The van der Waals surface area contributed by atoms with Crippen molar-refractivity contribution >= 4 is 11.6 Å². The molecule has 5 nitrogen and oxygen atoms in total. The van der Waals surface area contributed by atoms with Crippen LogP contribution in [0.25, 0.3) is 0 Å². The minimum atomic E-state index is -0.578. The van der Waals surface area contributed by atoms with Gasteiger partial charge >= 0.3 is 0 Å². The number of nitrogens with one attached hydrogen (secondary N) is 2. The zero-order valence-electron chi connectivity index (χ0n) is 10.1. The van der Waals surface area contributed by atoms with Crippen LogP contribution in [0.2, 0.25) is 0 Å². The lowest BCUT2D eigenvalue weighted by molar-refractivity contribution is -0.114. The van der Waals surface area contributed by atoms with Crippen molar-refractivity contribution in [1.82, 2.24) is 5.32 Å². The normalized spacial score (nSPS) is 11.9. The summed E-state index contributed by atoms with van der Waals surface area (Å²) in [6, 6.07) is 7.12. The highest BCUT2D eigenvalue weighted by Gasteiger charge is 2.07. The minimum absolute atomic E-state index is 0.156.